The second-order valence-corrected chi connectivity index (χ2v) is 6.96. The second kappa shape index (κ2) is 8.75. The molecule has 1 atom stereocenters. The van der Waals surface area contributed by atoms with E-state index in [1.54, 1.807) is 7.11 Å². The summed E-state index contributed by atoms with van der Waals surface area (Å²) in [6.07, 6.45) is 5.69. The second-order valence-electron chi connectivity index (χ2n) is 6.96. The van der Waals surface area contributed by atoms with Crippen LogP contribution in [0.25, 0.3) is 0 Å². The van der Waals surface area contributed by atoms with Gasteiger partial charge in [0.25, 0.3) is 0 Å². The summed E-state index contributed by atoms with van der Waals surface area (Å²) in [4.78, 5) is 12.2. The van der Waals surface area contributed by atoms with E-state index < -0.39 is 0 Å². The van der Waals surface area contributed by atoms with Gasteiger partial charge >= 0.3 is 6.03 Å². The molecule has 26 heavy (non-hydrogen) atoms. The topological polar surface area (TPSA) is 50.4 Å². The summed E-state index contributed by atoms with van der Waals surface area (Å²) in [5.74, 6) is 0.846. The third-order valence-corrected chi connectivity index (χ3v) is 5.08. The Bertz CT molecular complexity index is 740. The van der Waals surface area contributed by atoms with E-state index >= 15 is 0 Å². The van der Waals surface area contributed by atoms with Gasteiger partial charge in [-0.1, -0.05) is 30.3 Å². The predicted molar refractivity (Wildman–Crippen MR) is 105 cm³/mol. The number of fused-ring (bicyclic) bond motifs is 1. The zero-order valence-electron chi connectivity index (χ0n) is 15.7. The van der Waals surface area contributed by atoms with Crippen LogP contribution in [0.2, 0.25) is 0 Å². The fraction of sp³-hybridized carbons (Fsp3) is 0.409. The molecule has 1 aliphatic carbocycles. The molecule has 2 aromatic rings. The first-order valence-electron chi connectivity index (χ1n) is 9.44. The lowest BCUT2D eigenvalue weighted by molar-refractivity contribution is 0.238. The molecule has 2 aromatic carbocycles. The highest BCUT2D eigenvalue weighted by atomic mass is 16.5. The van der Waals surface area contributed by atoms with Crippen molar-refractivity contribution in [1.82, 2.24) is 10.6 Å². The van der Waals surface area contributed by atoms with Crippen LogP contribution in [-0.4, -0.2) is 19.7 Å². The molecule has 2 N–H and O–H groups in total. The van der Waals surface area contributed by atoms with Crippen molar-refractivity contribution in [1.29, 1.82) is 0 Å². The van der Waals surface area contributed by atoms with Gasteiger partial charge < -0.3 is 15.4 Å². The van der Waals surface area contributed by atoms with Crippen molar-refractivity contribution in [3.8, 4) is 5.75 Å². The molecule has 0 aromatic heterocycles. The first-order valence-corrected chi connectivity index (χ1v) is 9.44. The molecule has 4 heteroatoms. The van der Waals surface area contributed by atoms with Crippen LogP contribution >= 0.6 is 0 Å². The Morgan fingerprint density at radius 3 is 2.54 bits per heavy atom. The van der Waals surface area contributed by atoms with Crippen molar-refractivity contribution in [3.63, 3.8) is 0 Å². The summed E-state index contributed by atoms with van der Waals surface area (Å²) in [5.41, 5.74) is 5.27. The summed E-state index contributed by atoms with van der Waals surface area (Å²) >= 11 is 0. The molecule has 1 aliphatic rings. The van der Waals surface area contributed by atoms with Crippen molar-refractivity contribution in [2.24, 2.45) is 0 Å². The molecule has 0 fully saturated rings. The standard InChI is InChI=1S/C22H28N2O2/c1-16(19-10-9-18-5-3-4-6-20(18)15-19)24-22(25)23-14-13-17-7-11-21(26-2)12-8-17/h7-12,15-16H,3-6,13-14H2,1-2H3,(H2,23,24,25). The van der Waals surface area contributed by atoms with Crippen LogP contribution in [-0.2, 0) is 19.3 Å². The average molecular weight is 352 g/mol. The van der Waals surface area contributed by atoms with Crippen molar-refractivity contribution in [2.75, 3.05) is 13.7 Å². The number of rotatable bonds is 6. The number of hydrogen-bond acceptors (Lipinski definition) is 2. The Morgan fingerprint density at radius 1 is 1.08 bits per heavy atom. The molecule has 4 nitrogen and oxygen atoms in total. The molecule has 0 radical (unpaired) electrons. The first-order chi connectivity index (χ1) is 12.7. The maximum absolute atomic E-state index is 12.2. The number of methoxy groups -OCH3 is 1. The largest absolute Gasteiger partial charge is 0.497 e. The minimum absolute atomic E-state index is 0.00297. The van der Waals surface area contributed by atoms with E-state index in [0.29, 0.717) is 6.54 Å². The highest BCUT2D eigenvalue weighted by Crippen LogP contribution is 2.24. The van der Waals surface area contributed by atoms with Crippen LogP contribution in [0.4, 0.5) is 4.79 Å². The van der Waals surface area contributed by atoms with Gasteiger partial charge in [0.15, 0.2) is 0 Å². The normalized spacial score (nSPS) is 14.2. The van der Waals surface area contributed by atoms with Gasteiger partial charge in [-0.25, -0.2) is 4.79 Å². The highest BCUT2D eigenvalue weighted by Gasteiger charge is 2.13. The minimum Gasteiger partial charge on any atom is -0.497 e. The zero-order valence-corrected chi connectivity index (χ0v) is 15.7. The lowest BCUT2D eigenvalue weighted by Gasteiger charge is -2.20. The van der Waals surface area contributed by atoms with E-state index in [2.05, 4.69) is 28.8 Å². The van der Waals surface area contributed by atoms with E-state index in [9.17, 15) is 4.79 Å². The Labute approximate surface area is 156 Å². The number of carbonyl (C=O) groups is 1. The van der Waals surface area contributed by atoms with E-state index in [0.717, 1.165) is 18.6 Å². The molecular formula is C22H28N2O2. The van der Waals surface area contributed by atoms with Gasteiger partial charge in [-0.3, -0.25) is 0 Å². The SMILES string of the molecule is COc1ccc(CCNC(=O)NC(C)c2ccc3c(c2)CCCC3)cc1. The maximum atomic E-state index is 12.2. The number of benzene rings is 2. The monoisotopic (exact) mass is 352 g/mol. The Hall–Kier alpha value is -2.49. The average Bonchev–Trinajstić information content (AvgIpc) is 2.68. The van der Waals surface area contributed by atoms with Gasteiger partial charge in [0, 0.05) is 6.54 Å². The summed E-state index contributed by atoms with van der Waals surface area (Å²) in [6.45, 7) is 2.64. The number of carbonyl (C=O) groups excluding carboxylic acids is 1. The van der Waals surface area contributed by atoms with Crippen molar-refractivity contribution in [2.45, 2.75) is 45.1 Å². The molecular weight excluding hydrogens is 324 g/mol. The van der Waals surface area contributed by atoms with E-state index in [4.69, 9.17) is 4.74 Å². The Kier molecular flexibility index (Phi) is 6.16. The van der Waals surface area contributed by atoms with Gasteiger partial charge in [-0.05, 0) is 73.4 Å². The van der Waals surface area contributed by atoms with Gasteiger partial charge in [-0.15, -0.1) is 0 Å². The summed E-state index contributed by atoms with van der Waals surface area (Å²) in [6, 6.07) is 14.4. The van der Waals surface area contributed by atoms with Crippen LogP contribution in [0, 0.1) is 0 Å². The van der Waals surface area contributed by atoms with E-state index in [1.165, 1.54) is 41.5 Å². The summed E-state index contributed by atoms with van der Waals surface area (Å²) in [5, 5.41) is 5.98. The highest BCUT2D eigenvalue weighted by molar-refractivity contribution is 5.74. The lowest BCUT2D eigenvalue weighted by atomic mass is 9.89. The number of urea groups is 1. The third-order valence-electron chi connectivity index (χ3n) is 5.08. The number of ether oxygens (including phenoxy) is 1. The minimum atomic E-state index is -0.122. The molecule has 0 spiro atoms. The van der Waals surface area contributed by atoms with Gasteiger partial charge in [0.05, 0.1) is 13.2 Å². The fourth-order valence-corrected chi connectivity index (χ4v) is 3.47. The van der Waals surface area contributed by atoms with Gasteiger partial charge in [0.1, 0.15) is 5.75 Å². The quantitative estimate of drug-likeness (QED) is 0.819. The molecule has 138 valence electrons. The number of nitrogens with one attached hydrogen (secondary N) is 2. The maximum Gasteiger partial charge on any atom is 0.315 e. The number of aryl methyl sites for hydroxylation is 2. The number of hydrogen-bond donors (Lipinski definition) is 2. The first kappa shape index (κ1) is 18.3. The van der Waals surface area contributed by atoms with E-state index in [1.807, 2.05) is 31.2 Å². The third kappa shape index (κ3) is 4.78. The van der Waals surface area contributed by atoms with Crippen LogP contribution < -0.4 is 15.4 Å². The number of amides is 2. The van der Waals surface area contributed by atoms with E-state index in [-0.39, 0.29) is 12.1 Å². The molecule has 0 heterocycles. The van der Waals surface area contributed by atoms with Crippen molar-refractivity contribution >= 4 is 6.03 Å². The van der Waals surface area contributed by atoms with Crippen LogP contribution in [0.5, 0.6) is 5.75 Å². The Balaban J connectivity index is 1.46. The van der Waals surface area contributed by atoms with Gasteiger partial charge in [-0.2, -0.15) is 0 Å². The van der Waals surface area contributed by atoms with Crippen LogP contribution in [0.1, 0.15) is 48.1 Å². The molecule has 1 unspecified atom stereocenters. The summed E-state index contributed by atoms with van der Waals surface area (Å²) < 4.78 is 5.15. The van der Waals surface area contributed by atoms with Crippen LogP contribution in [0.15, 0.2) is 42.5 Å². The fourth-order valence-electron chi connectivity index (χ4n) is 3.47. The van der Waals surface area contributed by atoms with Crippen molar-refractivity contribution < 1.29 is 9.53 Å². The molecule has 0 saturated heterocycles. The Morgan fingerprint density at radius 2 is 1.81 bits per heavy atom. The smallest absolute Gasteiger partial charge is 0.315 e. The lowest BCUT2D eigenvalue weighted by Crippen LogP contribution is -2.38. The van der Waals surface area contributed by atoms with Gasteiger partial charge in [0.2, 0.25) is 0 Å². The van der Waals surface area contributed by atoms with Crippen molar-refractivity contribution in [3.05, 3.63) is 64.7 Å². The molecule has 0 saturated carbocycles. The molecule has 3 rings (SSSR count). The molecule has 0 bridgehead atoms. The molecule has 0 aliphatic heterocycles. The molecule has 2 amide bonds. The predicted octanol–water partition coefficient (Wildman–Crippen LogP) is 4.18. The van der Waals surface area contributed by atoms with Crippen LogP contribution in [0.3, 0.4) is 0 Å². The summed E-state index contributed by atoms with van der Waals surface area (Å²) in [7, 11) is 1.66. The zero-order chi connectivity index (χ0) is 18.4.